The molecule has 1 saturated heterocycles. The van der Waals surface area contributed by atoms with Gasteiger partial charge in [-0.15, -0.1) is 0 Å². The molecule has 0 aliphatic carbocycles. The lowest BCUT2D eigenvalue weighted by atomic mass is 10.0. The molecule has 0 bridgehead atoms. The van der Waals surface area contributed by atoms with Crippen LogP contribution in [0, 0.1) is 6.92 Å². The first-order valence-electron chi connectivity index (χ1n) is 8.85. The fourth-order valence-corrected chi connectivity index (χ4v) is 4.94. The van der Waals surface area contributed by atoms with Crippen LogP contribution in [0.25, 0.3) is 0 Å². The molecular weight excluding hydrogens is 348 g/mol. The van der Waals surface area contributed by atoms with Gasteiger partial charge in [0.1, 0.15) is 0 Å². The summed E-state index contributed by atoms with van der Waals surface area (Å²) in [4.78, 5) is 12.7. The highest BCUT2D eigenvalue weighted by Gasteiger charge is 2.26. The van der Waals surface area contributed by atoms with Crippen molar-refractivity contribution in [3.05, 3.63) is 65.2 Å². The SMILES string of the molecule is Cc1ccccc1[C@@H](C)NC(=O)c1cccc(N2CCCCS2(=O)=O)c1. The summed E-state index contributed by atoms with van der Waals surface area (Å²) < 4.78 is 26.0. The smallest absolute Gasteiger partial charge is 0.251 e. The van der Waals surface area contributed by atoms with Crippen molar-refractivity contribution < 1.29 is 13.2 Å². The van der Waals surface area contributed by atoms with Crippen molar-refractivity contribution in [3.8, 4) is 0 Å². The molecule has 1 amide bonds. The molecule has 1 atom stereocenters. The van der Waals surface area contributed by atoms with Crippen molar-refractivity contribution in [2.45, 2.75) is 32.7 Å². The van der Waals surface area contributed by atoms with Crippen LogP contribution in [-0.4, -0.2) is 26.6 Å². The van der Waals surface area contributed by atoms with Crippen molar-refractivity contribution in [1.82, 2.24) is 5.32 Å². The zero-order chi connectivity index (χ0) is 18.7. The Balaban J connectivity index is 1.79. The predicted molar refractivity (Wildman–Crippen MR) is 104 cm³/mol. The van der Waals surface area contributed by atoms with Gasteiger partial charge >= 0.3 is 0 Å². The van der Waals surface area contributed by atoms with Crippen LogP contribution < -0.4 is 9.62 Å². The van der Waals surface area contributed by atoms with Crippen LogP contribution in [0.5, 0.6) is 0 Å². The monoisotopic (exact) mass is 372 g/mol. The van der Waals surface area contributed by atoms with Crippen LogP contribution >= 0.6 is 0 Å². The van der Waals surface area contributed by atoms with E-state index >= 15 is 0 Å². The summed E-state index contributed by atoms with van der Waals surface area (Å²) in [5.74, 6) is -0.0506. The second-order valence-corrected chi connectivity index (χ2v) is 8.71. The minimum absolute atomic E-state index is 0.133. The lowest BCUT2D eigenvalue weighted by molar-refractivity contribution is 0.0940. The first-order valence-corrected chi connectivity index (χ1v) is 10.5. The lowest BCUT2D eigenvalue weighted by Gasteiger charge is -2.28. The van der Waals surface area contributed by atoms with E-state index in [1.165, 1.54) is 4.31 Å². The van der Waals surface area contributed by atoms with Crippen LogP contribution in [-0.2, 0) is 10.0 Å². The summed E-state index contributed by atoms with van der Waals surface area (Å²) in [6, 6.07) is 14.6. The van der Waals surface area contributed by atoms with E-state index in [9.17, 15) is 13.2 Å². The quantitative estimate of drug-likeness (QED) is 0.894. The van der Waals surface area contributed by atoms with E-state index in [1.807, 2.05) is 38.1 Å². The molecule has 5 nitrogen and oxygen atoms in total. The van der Waals surface area contributed by atoms with E-state index in [4.69, 9.17) is 0 Å². The largest absolute Gasteiger partial charge is 0.346 e. The second-order valence-electron chi connectivity index (χ2n) is 6.70. The van der Waals surface area contributed by atoms with Gasteiger partial charge in [0.15, 0.2) is 0 Å². The molecule has 1 N–H and O–H groups in total. The van der Waals surface area contributed by atoms with Gasteiger partial charge in [0.2, 0.25) is 10.0 Å². The average molecular weight is 372 g/mol. The van der Waals surface area contributed by atoms with Crippen molar-refractivity contribution >= 4 is 21.6 Å². The standard InChI is InChI=1S/C20H24N2O3S/c1-15-8-3-4-11-19(15)16(2)21-20(23)17-9-7-10-18(14-17)22-12-5-6-13-26(22,24)25/h3-4,7-11,14,16H,5-6,12-13H2,1-2H3,(H,21,23)/t16-/m1/s1. The number of nitrogens with one attached hydrogen (secondary N) is 1. The fourth-order valence-electron chi connectivity index (χ4n) is 3.31. The zero-order valence-electron chi connectivity index (χ0n) is 15.1. The number of hydrogen-bond donors (Lipinski definition) is 1. The highest BCUT2D eigenvalue weighted by molar-refractivity contribution is 7.92. The summed E-state index contributed by atoms with van der Waals surface area (Å²) >= 11 is 0. The number of hydrogen-bond acceptors (Lipinski definition) is 3. The summed E-state index contributed by atoms with van der Waals surface area (Å²) in [6.45, 7) is 4.42. The van der Waals surface area contributed by atoms with Crippen molar-refractivity contribution in [2.24, 2.45) is 0 Å². The molecule has 1 fully saturated rings. The number of anilines is 1. The Morgan fingerprint density at radius 3 is 2.62 bits per heavy atom. The summed E-state index contributed by atoms with van der Waals surface area (Å²) in [5.41, 5.74) is 3.20. The molecule has 0 radical (unpaired) electrons. The van der Waals surface area contributed by atoms with Crippen LogP contribution in [0.1, 0.15) is 47.3 Å². The summed E-state index contributed by atoms with van der Waals surface area (Å²) in [7, 11) is -3.29. The third-order valence-electron chi connectivity index (χ3n) is 4.75. The van der Waals surface area contributed by atoms with Gasteiger partial charge in [-0.05, 0) is 56.0 Å². The molecule has 0 spiro atoms. The molecule has 2 aromatic carbocycles. The number of carbonyl (C=O) groups is 1. The third kappa shape index (κ3) is 3.90. The van der Waals surface area contributed by atoms with Crippen LogP contribution in [0.3, 0.4) is 0 Å². The van der Waals surface area contributed by atoms with Crippen LogP contribution in [0.15, 0.2) is 48.5 Å². The number of aryl methyl sites for hydroxylation is 1. The Hall–Kier alpha value is -2.34. The lowest BCUT2D eigenvalue weighted by Crippen LogP contribution is -2.38. The molecule has 0 unspecified atom stereocenters. The van der Waals surface area contributed by atoms with Gasteiger partial charge in [0.25, 0.3) is 5.91 Å². The second kappa shape index (κ2) is 7.50. The van der Waals surface area contributed by atoms with Crippen molar-refractivity contribution in [1.29, 1.82) is 0 Å². The molecule has 3 rings (SSSR count). The maximum atomic E-state index is 12.7. The van der Waals surface area contributed by atoms with Gasteiger partial charge in [-0.1, -0.05) is 30.3 Å². The van der Waals surface area contributed by atoms with E-state index in [1.54, 1.807) is 24.3 Å². The third-order valence-corrected chi connectivity index (χ3v) is 6.62. The van der Waals surface area contributed by atoms with E-state index in [0.29, 0.717) is 24.2 Å². The van der Waals surface area contributed by atoms with Crippen LogP contribution in [0.4, 0.5) is 5.69 Å². The predicted octanol–water partition coefficient (Wildman–Crippen LogP) is 3.42. The molecule has 0 aromatic heterocycles. The van der Waals surface area contributed by atoms with Gasteiger partial charge in [0, 0.05) is 12.1 Å². The minimum Gasteiger partial charge on any atom is -0.346 e. The summed E-state index contributed by atoms with van der Waals surface area (Å²) in [6.07, 6.45) is 1.52. The maximum Gasteiger partial charge on any atom is 0.251 e. The molecule has 1 heterocycles. The van der Waals surface area contributed by atoms with Gasteiger partial charge in [-0.2, -0.15) is 0 Å². The Morgan fingerprint density at radius 1 is 1.12 bits per heavy atom. The van der Waals surface area contributed by atoms with E-state index < -0.39 is 10.0 Å². The van der Waals surface area contributed by atoms with Gasteiger partial charge in [0.05, 0.1) is 17.5 Å². The molecule has 26 heavy (non-hydrogen) atoms. The number of amides is 1. The van der Waals surface area contributed by atoms with E-state index in [2.05, 4.69) is 5.32 Å². The first-order chi connectivity index (χ1) is 12.4. The van der Waals surface area contributed by atoms with Crippen LogP contribution in [0.2, 0.25) is 0 Å². The maximum absolute atomic E-state index is 12.7. The highest BCUT2D eigenvalue weighted by Crippen LogP contribution is 2.25. The number of sulfonamides is 1. The minimum atomic E-state index is -3.29. The van der Waals surface area contributed by atoms with Crippen molar-refractivity contribution in [3.63, 3.8) is 0 Å². The molecule has 1 aliphatic heterocycles. The summed E-state index contributed by atoms with van der Waals surface area (Å²) in [5, 5.41) is 3.00. The highest BCUT2D eigenvalue weighted by atomic mass is 32.2. The fraction of sp³-hybridized carbons (Fsp3) is 0.350. The molecule has 0 saturated carbocycles. The number of carbonyl (C=O) groups excluding carboxylic acids is 1. The Kier molecular flexibility index (Phi) is 5.32. The Labute approximate surface area is 155 Å². The van der Waals surface area contributed by atoms with Gasteiger partial charge < -0.3 is 5.32 Å². The molecule has 1 aliphatic rings. The zero-order valence-corrected chi connectivity index (χ0v) is 15.9. The molecule has 2 aromatic rings. The Morgan fingerprint density at radius 2 is 1.88 bits per heavy atom. The Bertz CT molecular complexity index is 909. The topological polar surface area (TPSA) is 66.5 Å². The molecular formula is C20H24N2O3S. The number of nitrogens with zero attached hydrogens (tertiary/aromatic N) is 1. The normalized spacial score (nSPS) is 17.5. The number of rotatable bonds is 4. The first kappa shape index (κ1) is 18.5. The van der Waals surface area contributed by atoms with Crippen molar-refractivity contribution in [2.75, 3.05) is 16.6 Å². The molecule has 6 heteroatoms. The number of benzene rings is 2. The van der Waals surface area contributed by atoms with Gasteiger partial charge in [-0.3, -0.25) is 9.10 Å². The van der Waals surface area contributed by atoms with E-state index in [-0.39, 0.29) is 17.7 Å². The van der Waals surface area contributed by atoms with E-state index in [0.717, 1.165) is 17.5 Å². The molecule has 138 valence electrons. The van der Waals surface area contributed by atoms with Gasteiger partial charge in [-0.25, -0.2) is 8.42 Å². The average Bonchev–Trinajstić information content (AvgIpc) is 2.61.